The van der Waals surface area contributed by atoms with Gasteiger partial charge in [0.25, 0.3) is 0 Å². The molecule has 0 aromatic heterocycles. The first-order chi connectivity index (χ1) is 13.8. The number of rotatable bonds is 5. The van der Waals surface area contributed by atoms with Gasteiger partial charge in [-0.15, -0.1) is 5.10 Å². The number of nitrogens with two attached hydrogens (primary N) is 1. The second kappa shape index (κ2) is 8.63. The monoisotopic (exact) mass is 389 g/mol. The topological polar surface area (TPSA) is 69.2 Å². The minimum Gasteiger partial charge on any atom is -0.454 e. The van der Waals surface area contributed by atoms with Gasteiger partial charge in [-0.25, -0.2) is 0 Å². The van der Waals surface area contributed by atoms with E-state index in [0.717, 1.165) is 33.9 Å². The van der Waals surface area contributed by atoms with E-state index in [-0.39, 0.29) is 6.79 Å². The molecule has 0 bridgehead atoms. The molecule has 6 heteroatoms. The molecule has 28 heavy (non-hydrogen) atoms. The van der Waals surface area contributed by atoms with Gasteiger partial charge in [-0.2, -0.15) is 5.10 Å². The van der Waals surface area contributed by atoms with E-state index in [0.29, 0.717) is 5.17 Å². The van der Waals surface area contributed by atoms with E-state index < -0.39 is 0 Å². The summed E-state index contributed by atoms with van der Waals surface area (Å²) in [6.45, 7) is 0.279. The molecule has 0 spiro atoms. The quantitative estimate of drug-likeness (QED) is 0.391. The summed E-state index contributed by atoms with van der Waals surface area (Å²) in [7, 11) is 0. The summed E-state index contributed by atoms with van der Waals surface area (Å²) in [5, 5.41) is 8.58. The number of ether oxygens (including phenoxy) is 2. The van der Waals surface area contributed by atoms with Crippen molar-refractivity contribution in [3.05, 3.63) is 83.9 Å². The summed E-state index contributed by atoms with van der Waals surface area (Å²) in [6.07, 6.45) is 1.69. The number of benzene rings is 3. The van der Waals surface area contributed by atoms with Crippen LogP contribution < -0.4 is 15.2 Å². The van der Waals surface area contributed by atoms with Crippen LogP contribution in [-0.4, -0.2) is 18.2 Å². The van der Waals surface area contributed by atoms with E-state index in [1.807, 2.05) is 60.7 Å². The maximum atomic E-state index is 5.91. The zero-order chi connectivity index (χ0) is 19.2. The highest BCUT2D eigenvalue weighted by Crippen LogP contribution is 2.35. The molecule has 0 atom stereocenters. The van der Waals surface area contributed by atoms with Gasteiger partial charge in [-0.3, -0.25) is 0 Å². The number of hydrogen-bond acceptors (Lipinski definition) is 5. The fraction of sp³-hybridized carbons (Fsp3) is 0.0909. The van der Waals surface area contributed by atoms with Gasteiger partial charge in [0.2, 0.25) is 6.79 Å². The summed E-state index contributed by atoms with van der Waals surface area (Å²) in [5.41, 5.74) is 10.2. The molecule has 4 rings (SSSR count). The number of amidine groups is 1. The third-order valence-electron chi connectivity index (χ3n) is 4.21. The van der Waals surface area contributed by atoms with E-state index in [4.69, 9.17) is 15.2 Å². The molecule has 0 unspecified atom stereocenters. The predicted octanol–water partition coefficient (Wildman–Crippen LogP) is 4.66. The molecule has 1 aliphatic heterocycles. The minimum atomic E-state index is 0.279. The van der Waals surface area contributed by atoms with Gasteiger partial charge in [0.15, 0.2) is 16.7 Å². The molecular formula is C22H19N3O2S. The van der Waals surface area contributed by atoms with Crippen LogP contribution in [0.1, 0.15) is 11.1 Å². The van der Waals surface area contributed by atoms with E-state index in [1.165, 1.54) is 17.3 Å². The van der Waals surface area contributed by atoms with Gasteiger partial charge >= 0.3 is 0 Å². The van der Waals surface area contributed by atoms with Crippen molar-refractivity contribution in [2.75, 3.05) is 6.79 Å². The lowest BCUT2D eigenvalue weighted by Crippen LogP contribution is -2.05. The SMILES string of the molecule is NC(=NN=Cc1ccc(-c2ccc3c(c2)OCO3)cc1)SCc1ccccc1. The molecule has 3 aromatic rings. The van der Waals surface area contributed by atoms with E-state index in [2.05, 4.69) is 22.3 Å². The zero-order valence-corrected chi connectivity index (χ0v) is 15.9. The van der Waals surface area contributed by atoms with Gasteiger partial charge < -0.3 is 15.2 Å². The van der Waals surface area contributed by atoms with Crippen LogP contribution in [0.25, 0.3) is 11.1 Å². The van der Waals surface area contributed by atoms with Crippen molar-refractivity contribution in [3.8, 4) is 22.6 Å². The molecule has 0 amide bonds. The minimum absolute atomic E-state index is 0.279. The van der Waals surface area contributed by atoms with Crippen LogP contribution in [0.3, 0.4) is 0 Å². The Morgan fingerprint density at radius 3 is 2.50 bits per heavy atom. The number of nitrogens with zero attached hydrogens (tertiary/aromatic N) is 2. The Hall–Kier alpha value is -3.25. The van der Waals surface area contributed by atoms with Crippen LogP contribution >= 0.6 is 11.8 Å². The predicted molar refractivity (Wildman–Crippen MR) is 115 cm³/mol. The molecule has 3 aromatic carbocycles. The summed E-state index contributed by atoms with van der Waals surface area (Å²) in [4.78, 5) is 0. The van der Waals surface area contributed by atoms with E-state index in [1.54, 1.807) is 6.21 Å². The number of thioether (sulfide) groups is 1. The average molecular weight is 389 g/mol. The summed E-state index contributed by atoms with van der Waals surface area (Å²) < 4.78 is 10.8. The Kier molecular flexibility index (Phi) is 5.58. The first-order valence-electron chi connectivity index (χ1n) is 8.81. The average Bonchev–Trinajstić information content (AvgIpc) is 3.21. The first-order valence-corrected chi connectivity index (χ1v) is 9.80. The lowest BCUT2D eigenvalue weighted by atomic mass is 10.0. The standard InChI is InChI=1S/C22H19N3O2S/c23-22(28-14-17-4-2-1-3-5-17)25-24-13-16-6-8-18(9-7-16)19-10-11-20-21(12-19)27-15-26-20/h1-13H,14-15H2,(H2,23,25). The van der Waals surface area contributed by atoms with Gasteiger partial charge in [-0.05, 0) is 34.4 Å². The van der Waals surface area contributed by atoms with Crippen molar-refractivity contribution >= 4 is 23.1 Å². The molecular weight excluding hydrogens is 370 g/mol. The summed E-state index contributed by atoms with van der Waals surface area (Å²) in [5.74, 6) is 2.34. The highest BCUT2D eigenvalue weighted by molar-refractivity contribution is 8.13. The van der Waals surface area contributed by atoms with Crippen molar-refractivity contribution in [2.45, 2.75) is 5.75 Å². The van der Waals surface area contributed by atoms with Crippen molar-refractivity contribution in [1.82, 2.24) is 0 Å². The molecule has 1 aliphatic rings. The molecule has 2 N–H and O–H groups in total. The lowest BCUT2D eigenvalue weighted by molar-refractivity contribution is 0.174. The molecule has 5 nitrogen and oxygen atoms in total. The van der Waals surface area contributed by atoms with Crippen LogP contribution in [0.5, 0.6) is 11.5 Å². The highest BCUT2D eigenvalue weighted by atomic mass is 32.2. The van der Waals surface area contributed by atoms with Crippen molar-refractivity contribution in [3.63, 3.8) is 0 Å². The van der Waals surface area contributed by atoms with Crippen LogP contribution in [-0.2, 0) is 5.75 Å². The smallest absolute Gasteiger partial charge is 0.231 e. The normalized spacial score (nSPS) is 13.2. The molecule has 0 aliphatic carbocycles. The molecule has 0 saturated carbocycles. The molecule has 0 radical (unpaired) electrons. The Bertz CT molecular complexity index is 1000. The molecule has 140 valence electrons. The third kappa shape index (κ3) is 4.53. The van der Waals surface area contributed by atoms with Crippen molar-refractivity contribution in [2.24, 2.45) is 15.9 Å². The van der Waals surface area contributed by atoms with Gasteiger partial charge in [0, 0.05) is 5.75 Å². The summed E-state index contributed by atoms with van der Waals surface area (Å²) >= 11 is 1.47. The van der Waals surface area contributed by atoms with Gasteiger partial charge in [0.1, 0.15) is 0 Å². The second-order valence-electron chi connectivity index (χ2n) is 6.15. The molecule has 0 fully saturated rings. The molecule has 1 heterocycles. The Balaban J connectivity index is 1.36. The Morgan fingerprint density at radius 1 is 0.929 bits per heavy atom. The largest absolute Gasteiger partial charge is 0.454 e. The Labute approximate surface area is 167 Å². The van der Waals surface area contributed by atoms with E-state index >= 15 is 0 Å². The fourth-order valence-electron chi connectivity index (χ4n) is 2.75. The molecule has 0 saturated heterocycles. The van der Waals surface area contributed by atoms with E-state index in [9.17, 15) is 0 Å². The second-order valence-corrected chi connectivity index (χ2v) is 7.14. The zero-order valence-electron chi connectivity index (χ0n) is 15.1. The first kappa shape index (κ1) is 18.1. The number of fused-ring (bicyclic) bond motifs is 1. The van der Waals surface area contributed by atoms with Crippen molar-refractivity contribution in [1.29, 1.82) is 0 Å². The van der Waals surface area contributed by atoms with Crippen LogP contribution in [0, 0.1) is 0 Å². The Morgan fingerprint density at radius 2 is 1.68 bits per heavy atom. The maximum Gasteiger partial charge on any atom is 0.231 e. The number of hydrogen-bond donors (Lipinski definition) is 1. The summed E-state index contributed by atoms with van der Waals surface area (Å²) in [6, 6.07) is 24.1. The lowest BCUT2D eigenvalue weighted by Gasteiger charge is -2.04. The van der Waals surface area contributed by atoms with Gasteiger partial charge in [-0.1, -0.05) is 72.4 Å². The third-order valence-corrected chi connectivity index (χ3v) is 5.06. The van der Waals surface area contributed by atoms with Gasteiger partial charge in [0.05, 0.1) is 6.21 Å². The van der Waals surface area contributed by atoms with Crippen molar-refractivity contribution < 1.29 is 9.47 Å². The fourth-order valence-corrected chi connectivity index (χ4v) is 3.36. The van der Waals surface area contributed by atoms with Crippen LogP contribution in [0.2, 0.25) is 0 Å². The maximum absolute atomic E-state index is 5.91. The highest BCUT2D eigenvalue weighted by Gasteiger charge is 2.13. The van der Waals surface area contributed by atoms with Crippen LogP contribution in [0.15, 0.2) is 83.0 Å². The van der Waals surface area contributed by atoms with Crippen LogP contribution in [0.4, 0.5) is 0 Å².